The van der Waals surface area contributed by atoms with Gasteiger partial charge in [0.1, 0.15) is 0 Å². The minimum Gasteiger partial charge on any atom is -0.349 e. The lowest BCUT2D eigenvalue weighted by Gasteiger charge is -2.37. The van der Waals surface area contributed by atoms with Crippen LogP contribution in [0.1, 0.15) is 11.1 Å². The van der Waals surface area contributed by atoms with Gasteiger partial charge in [0.2, 0.25) is 11.8 Å². The minimum absolute atomic E-state index is 0.0118. The van der Waals surface area contributed by atoms with Crippen LogP contribution in [0.4, 0.5) is 0 Å². The largest absolute Gasteiger partial charge is 0.349 e. The van der Waals surface area contributed by atoms with Crippen LogP contribution in [0.2, 0.25) is 5.02 Å². The Morgan fingerprint density at radius 2 is 1.93 bits per heavy atom. The standard InChI is InChI=1S/C22H23ClN4O2S/c1-26-12-18(13-26)25-21(28)14-27(11-17-8-6-16(10-24)7-9-17)22(29)15-30-20-5-3-2-4-19(20)23/h2-9,18H,11-15H2,1H3,(H,25,28). The lowest BCUT2D eigenvalue weighted by Crippen LogP contribution is -2.58. The molecule has 3 rings (SSSR count). The van der Waals surface area contributed by atoms with Crippen molar-refractivity contribution in [2.24, 2.45) is 0 Å². The molecule has 2 aromatic carbocycles. The molecule has 1 fully saturated rings. The number of likely N-dealkylation sites (tertiary alicyclic amines) is 1. The summed E-state index contributed by atoms with van der Waals surface area (Å²) < 4.78 is 0. The molecule has 0 bridgehead atoms. The van der Waals surface area contributed by atoms with Crippen LogP contribution in [-0.2, 0) is 16.1 Å². The Balaban J connectivity index is 1.65. The van der Waals surface area contributed by atoms with Gasteiger partial charge >= 0.3 is 0 Å². The molecule has 0 aliphatic carbocycles. The number of carbonyl (C=O) groups excluding carboxylic acids is 2. The van der Waals surface area contributed by atoms with E-state index in [0.717, 1.165) is 23.5 Å². The fourth-order valence-electron chi connectivity index (χ4n) is 3.17. The number of nitriles is 1. The van der Waals surface area contributed by atoms with Crippen molar-refractivity contribution in [1.82, 2.24) is 15.1 Å². The van der Waals surface area contributed by atoms with E-state index in [0.29, 0.717) is 17.1 Å². The monoisotopic (exact) mass is 442 g/mol. The van der Waals surface area contributed by atoms with Crippen LogP contribution in [0.3, 0.4) is 0 Å². The predicted molar refractivity (Wildman–Crippen MR) is 118 cm³/mol. The summed E-state index contributed by atoms with van der Waals surface area (Å²) in [5.41, 5.74) is 1.42. The molecule has 1 aliphatic heterocycles. The molecule has 1 saturated heterocycles. The molecule has 30 heavy (non-hydrogen) atoms. The molecule has 0 atom stereocenters. The Kier molecular flexibility index (Phi) is 7.75. The van der Waals surface area contributed by atoms with E-state index in [9.17, 15) is 9.59 Å². The number of halogens is 1. The van der Waals surface area contributed by atoms with Crippen LogP contribution in [0, 0.1) is 11.3 Å². The van der Waals surface area contributed by atoms with Crippen molar-refractivity contribution < 1.29 is 9.59 Å². The molecule has 156 valence electrons. The summed E-state index contributed by atoms with van der Waals surface area (Å²) in [5, 5.41) is 12.5. The third-order valence-corrected chi connectivity index (χ3v) is 6.26. The highest BCUT2D eigenvalue weighted by molar-refractivity contribution is 8.00. The number of likely N-dealkylation sites (N-methyl/N-ethyl adjacent to an activating group) is 1. The fraction of sp³-hybridized carbons (Fsp3) is 0.318. The maximum absolute atomic E-state index is 12.9. The van der Waals surface area contributed by atoms with E-state index in [-0.39, 0.29) is 30.2 Å². The van der Waals surface area contributed by atoms with Gasteiger partial charge in [0.25, 0.3) is 0 Å². The van der Waals surface area contributed by atoms with E-state index >= 15 is 0 Å². The molecule has 1 heterocycles. The highest BCUT2D eigenvalue weighted by Gasteiger charge is 2.26. The highest BCUT2D eigenvalue weighted by Crippen LogP contribution is 2.26. The number of hydrogen-bond acceptors (Lipinski definition) is 5. The molecular weight excluding hydrogens is 420 g/mol. The summed E-state index contributed by atoms with van der Waals surface area (Å²) in [7, 11) is 2.00. The van der Waals surface area contributed by atoms with E-state index in [1.54, 1.807) is 35.2 Å². The third kappa shape index (κ3) is 6.23. The topological polar surface area (TPSA) is 76.4 Å². The van der Waals surface area contributed by atoms with Gasteiger partial charge in [-0.25, -0.2) is 0 Å². The third-order valence-electron chi connectivity index (χ3n) is 4.76. The van der Waals surface area contributed by atoms with E-state index < -0.39 is 0 Å². The number of benzene rings is 2. The molecule has 0 spiro atoms. The van der Waals surface area contributed by atoms with Crippen LogP contribution in [-0.4, -0.2) is 60.1 Å². The lowest BCUT2D eigenvalue weighted by molar-refractivity contribution is -0.135. The molecule has 0 saturated carbocycles. The average molecular weight is 443 g/mol. The van der Waals surface area contributed by atoms with Gasteiger partial charge in [-0.2, -0.15) is 5.26 Å². The Morgan fingerprint density at radius 1 is 1.23 bits per heavy atom. The molecule has 0 aromatic heterocycles. The summed E-state index contributed by atoms with van der Waals surface area (Å²) in [4.78, 5) is 29.9. The fourth-order valence-corrected chi connectivity index (χ4v) is 4.31. The smallest absolute Gasteiger partial charge is 0.239 e. The molecule has 2 amide bonds. The Labute approximate surface area is 185 Å². The second-order valence-electron chi connectivity index (χ2n) is 7.26. The van der Waals surface area contributed by atoms with Gasteiger partial charge in [-0.15, -0.1) is 11.8 Å². The summed E-state index contributed by atoms with van der Waals surface area (Å²) >= 11 is 7.53. The molecule has 6 nitrogen and oxygen atoms in total. The van der Waals surface area contributed by atoms with Crippen molar-refractivity contribution in [3.05, 3.63) is 64.7 Å². The maximum Gasteiger partial charge on any atom is 0.239 e. The van der Waals surface area contributed by atoms with Crippen molar-refractivity contribution in [3.63, 3.8) is 0 Å². The normalized spacial score (nSPS) is 13.9. The van der Waals surface area contributed by atoms with E-state index in [2.05, 4.69) is 16.3 Å². The summed E-state index contributed by atoms with van der Waals surface area (Å²) in [5.74, 6) is -0.137. The van der Waals surface area contributed by atoms with Crippen LogP contribution in [0.15, 0.2) is 53.4 Å². The molecule has 0 radical (unpaired) electrons. The van der Waals surface area contributed by atoms with Crippen molar-refractivity contribution in [3.8, 4) is 6.07 Å². The van der Waals surface area contributed by atoms with Gasteiger partial charge in [0.05, 0.1) is 35.0 Å². The second-order valence-corrected chi connectivity index (χ2v) is 8.69. The number of carbonyl (C=O) groups is 2. The van der Waals surface area contributed by atoms with Gasteiger partial charge in [-0.3, -0.25) is 9.59 Å². The van der Waals surface area contributed by atoms with Crippen molar-refractivity contribution in [2.45, 2.75) is 17.5 Å². The Hall–Kier alpha value is -2.53. The zero-order valence-corrected chi connectivity index (χ0v) is 18.2. The van der Waals surface area contributed by atoms with Crippen molar-refractivity contribution in [1.29, 1.82) is 5.26 Å². The van der Waals surface area contributed by atoms with E-state index in [1.807, 2.05) is 25.2 Å². The number of nitrogens with one attached hydrogen (secondary N) is 1. The number of thioether (sulfide) groups is 1. The summed E-state index contributed by atoms with van der Waals surface area (Å²) in [6.07, 6.45) is 0. The van der Waals surface area contributed by atoms with Gasteiger partial charge < -0.3 is 15.1 Å². The quantitative estimate of drug-likeness (QED) is 0.636. The molecule has 0 unspecified atom stereocenters. The van der Waals surface area contributed by atoms with Crippen LogP contribution >= 0.6 is 23.4 Å². The van der Waals surface area contributed by atoms with E-state index in [1.165, 1.54) is 11.8 Å². The molecule has 8 heteroatoms. The molecular formula is C22H23ClN4O2S. The summed E-state index contributed by atoms with van der Waals surface area (Å²) in [6, 6.07) is 16.6. The first-order valence-corrected chi connectivity index (χ1v) is 10.9. The number of amides is 2. The molecule has 1 aliphatic rings. The van der Waals surface area contributed by atoms with Crippen molar-refractivity contribution >= 4 is 35.2 Å². The molecule has 2 aromatic rings. The first-order valence-electron chi connectivity index (χ1n) is 9.56. The van der Waals surface area contributed by atoms with Crippen LogP contribution < -0.4 is 5.32 Å². The lowest BCUT2D eigenvalue weighted by atomic mass is 10.1. The first kappa shape index (κ1) is 22.2. The Morgan fingerprint density at radius 3 is 2.57 bits per heavy atom. The van der Waals surface area contributed by atoms with Crippen LogP contribution in [0.5, 0.6) is 0 Å². The van der Waals surface area contributed by atoms with Gasteiger partial charge in [-0.05, 0) is 36.9 Å². The van der Waals surface area contributed by atoms with Gasteiger partial charge in [0.15, 0.2) is 0 Å². The zero-order valence-electron chi connectivity index (χ0n) is 16.7. The number of hydrogen-bond donors (Lipinski definition) is 1. The SMILES string of the molecule is CN1CC(NC(=O)CN(Cc2ccc(C#N)cc2)C(=O)CSc2ccccc2Cl)C1. The second kappa shape index (κ2) is 10.5. The Bertz CT molecular complexity index is 939. The van der Waals surface area contributed by atoms with Gasteiger partial charge in [0, 0.05) is 24.5 Å². The minimum atomic E-state index is -0.169. The average Bonchev–Trinajstić information content (AvgIpc) is 2.72. The highest BCUT2D eigenvalue weighted by atomic mass is 35.5. The molecule has 1 N–H and O–H groups in total. The van der Waals surface area contributed by atoms with Crippen molar-refractivity contribution in [2.75, 3.05) is 32.4 Å². The predicted octanol–water partition coefficient (Wildman–Crippen LogP) is 2.76. The van der Waals surface area contributed by atoms with Gasteiger partial charge in [-0.1, -0.05) is 35.9 Å². The number of nitrogens with zero attached hydrogens (tertiary/aromatic N) is 3. The first-order chi connectivity index (χ1) is 14.4. The van der Waals surface area contributed by atoms with E-state index in [4.69, 9.17) is 16.9 Å². The zero-order chi connectivity index (χ0) is 21.5. The van der Waals surface area contributed by atoms with Crippen LogP contribution in [0.25, 0.3) is 0 Å². The number of rotatable bonds is 8. The maximum atomic E-state index is 12.9. The summed E-state index contributed by atoms with van der Waals surface area (Å²) in [6.45, 7) is 1.92.